The van der Waals surface area contributed by atoms with E-state index in [1.165, 1.54) is 5.56 Å². The van der Waals surface area contributed by atoms with E-state index in [1.54, 1.807) is 4.90 Å². The Morgan fingerprint density at radius 1 is 1.15 bits per heavy atom. The zero-order valence-corrected chi connectivity index (χ0v) is 15.2. The third kappa shape index (κ3) is 2.77. The fourth-order valence-electron chi connectivity index (χ4n) is 4.52. The van der Waals surface area contributed by atoms with Gasteiger partial charge in [0.2, 0.25) is 5.91 Å². The largest absolute Gasteiger partial charge is 0.325 e. The van der Waals surface area contributed by atoms with Crippen molar-refractivity contribution in [1.82, 2.24) is 10.2 Å². The van der Waals surface area contributed by atoms with Crippen molar-refractivity contribution < 1.29 is 14.4 Å². The van der Waals surface area contributed by atoms with Crippen molar-refractivity contribution in [2.24, 2.45) is 0 Å². The molecule has 6 nitrogen and oxygen atoms in total. The maximum atomic E-state index is 12.9. The van der Waals surface area contributed by atoms with Crippen LogP contribution in [0, 0.1) is 6.92 Å². The Labute approximate surface area is 153 Å². The van der Waals surface area contributed by atoms with Gasteiger partial charge in [-0.15, -0.1) is 0 Å². The van der Waals surface area contributed by atoms with Crippen LogP contribution in [-0.2, 0) is 16.0 Å². The number of hydrogen-bond acceptors (Lipinski definition) is 3. The average molecular weight is 355 g/mol. The number of carbonyl (C=O) groups excluding carboxylic acids is 3. The molecule has 0 atom stereocenters. The molecule has 2 heterocycles. The van der Waals surface area contributed by atoms with Crippen molar-refractivity contribution in [2.45, 2.75) is 57.4 Å². The van der Waals surface area contributed by atoms with Crippen LogP contribution in [0.3, 0.4) is 0 Å². The molecule has 0 radical (unpaired) electrons. The number of carbonyl (C=O) groups is 3. The third-order valence-corrected chi connectivity index (χ3v) is 5.90. The van der Waals surface area contributed by atoms with E-state index in [9.17, 15) is 14.4 Å². The van der Waals surface area contributed by atoms with Crippen molar-refractivity contribution in [1.29, 1.82) is 0 Å². The summed E-state index contributed by atoms with van der Waals surface area (Å²) in [5, 5.41) is 2.87. The predicted molar refractivity (Wildman–Crippen MR) is 97.9 cm³/mol. The van der Waals surface area contributed by atoms with Crippen molar-refractivity contribution >= 4 is 23.5 Å². The highest BCUT2D eigenvalue weighted by atomic mass is 16.2. The lowest BCUT2D eigenvalue weighted by atomic mass is 9.82. The van der Waals surface area contributed by atoms with Crippen molar-refractivity contribution in [3.8, 4) is 0 Å². The van der Waals surface area contributed by atoms with Crippen LogP contribution in [0.2, 0.25) is 0 Å². The van der Waals surface area contributed by atoms with E-state index in [4.69, 9.17) is 0 Å². The summed E-state index contributed by atoms with van der Waals surface area (Å²) in [4.78, 5) is 41.0. The topological polar surface area (TPSA) is 69.7 Å². The number of nitrogens with one attached hydrogen (secondary N) is 1. The molecule has 1 saturated heterocycles. The standard InChI is InChI=1S/C20H25N3O3/c1-14-7-8-16-15(12-14)6-5-11-22(16)17(24)13-23-18(25)20(21-19(23)26)9-3-2-4-10-20/h7-8,12H,2-6,9-11,13H2,1H3,(H,21,26). The van der Waals surface area contributed by atoms with E-state index in [2.05, 4.69) is 11.4 Å². The molecule has 0 bridgehead atoms. The van der Waals surface area contributed by atoms with E-state index < -0.39 is 11.6 Å². The highest BCUT2D eigenvalue weighted by Gasteiger charge is 2.51. The van der Waals surface area contributed by atoms with Crippen molar-refractivity contribution in [3.05, 3.63) is 29.3 Å². The molecule has 1 saturated carbocycles. The number of benzene rings is 1. The number of anilines is 1. The van der Waals surface area contributed by atoms with Gasteiger partial charge in [-0.2, -0.15) is 0 Å². The van der Waals surface area contributed by atoms with Crippen LogP contribution in [0.25, 0.3) is 0 Å². The molecule has 3 aliphatic rings. The summed E-state index contributed by atoms with van der Waals surface area (Å²) in [6, 6.07) is 5.65. The van der Waals surface area contributed by atoms with Crippen LogP contribution in [0.15, 0.2) is 18.2 Å². The van der Waals surface area contributed by atoms with Gasteiger partial charge in [-0.05, 0) is 44.2 Å². The van der Waals surface area contributed by atoms with Crippen LogP contribution in [-0.4, -0.2) is 41.4 Å². The van der Waals surface area contributed by atoms with E-state index in [0.29, 0.717) is 19.4 Å². The second-order valence-electron chi connectivity index (χ2n) is 7.75. The number of nitrogens with zero attached hydrogens (tertiary/aromatic N) is 2. The first kappa shape index (κ1) is 17.1. The molecule has 6 heteroatoms. The van der Waals surface area contributed by atoms with Gasteiger partial charge in [-0.1, -0.05) is 37.0 Å². The normalized spacial score (nSPS) is 21.7. The first-order valence-electron chi connectivity index (χ1n) is 9.54. The first-order chi connectivity index (χ1) is 12.5. The van der Waals surface area contributed by atoms with Gasteiger partial charge in [0.25, 0.3) is 5.91 Å². The molecule has 1 aromatic rings. The summed E-state index contributed by atoms with van der Waals surface area (Å²) < 4.78 is 0. The summed E-state index contributed by atoms with van der Waals surface area (Å²) in [6.45, 7) is 2.49. The Kier molecular flexibility index (Phi) is 4.21. The van der Waals surface area contributed by atoms with Gasteiger partial charge < -0.3 is 10.2 Å². The van der Waals surface area contributed by atoms with Gasteiger partial charge in [0.1, 0.15) is 12.1 Å². The Morgan fingerprint density at radius 2 is 1.92 bits per heavy atom. The fraction of sp³-hybridized carbons (Fsp3) is 0.550. The third-order valence-electron chi connectivity index (χ3n) is 5.90. The predicted octanol–water partition coefficient (Wildman–Crippen LogP) is 2.53. The van der Waals surface area contributed by atoms with E-state index in [1.807, 2.05) is 19.1 Å². The molecule has 4 amide bonds. The Hall–Kier alpha value is -2.37. The molecular formula is C20H25N3O3. The van der Waals surface area contributed by atoms with Crippen molar-refractivity contribution in [3.63, 3.8) is 0 Å². The van der Waals surface area contributed by atoms with Crippen LogP contribution in [0.4, 0.5) is 10.5 Å². The molecule has 2 aliphatic heterocycles. The number of fused-ring (bicyclic) bond motifs is 1. The minimum absolute atomic E-state index is 0.181. The monoisotopic (exact) mass is 355 g/mol. The van der Waals surface area contributed by atoms with Crippen LogP contribution < -0.4 is 10.2 Å². The summed E-state index contributed by atoms with van der Waals surface area (Å²) in [7, 11) is 0. The van der Waals surface area contributed by atoms with E-state index >= 15 is 0 Å². The number of hydrogen-bond donors (Lipinski definition) is 1. The minimum atomic E-state index is -0.771. The summed E-state index contributed by atoms with van der Waals surface area (Å²) >= 11 is 0. The molecule has 0 aromatic heterocycles. The second-order valence-corrected chi connectivity index (χ2v) is 7.75. The van der Waals surface area contributed by atoms with Crippen molar-refractivity contribution in [2.75, 3.05) is 18.0 Å². The number of rotatable bonds is 2. The molecule has 0 unspecified atom stereocenters. The molecule has 1 aromatic carbocycles. The summed E-state index contributed by atoms with van der Waals surface area (Å²) in [5.74, 6) is -0.414. The van der Waals surface area contributed by atoms with Gasteiger partial charge in [-0.25, -0.2) is 4.79 Å². The zero-order chi connectivity index (χ0) is 18.3. The number of imide groups is 1. The van der Waals surface area contributed by atoms with E-state index in [0.717, 1.165) is 48.3 Å². The molecule has 1 N–H and O–H groups in total. The molecule has 26 heavy (non-hydrogen) atoms. The van der Waals surface area contributed by atoms with Crippen LogP contribution >= 0.6 is 0 Å². The maximum Gasteiger partial charge on any atom is 0.325 e. The lowest BCUT2D eigenvalue weighted by Gasteiger charge is -2.32. The number of urea groups is 1. The van der Waals surface area contributed by atoms with Gasteiger partial charge in [0.05, 0.1) is 0 Å². The molecule has 1 spiro atoms. The molecule has 2 fully saturated rings. The quantitative estimate of drug-likeness (QED) is 0.829. The lowest BCUT2D eigenvalue weighted by molar-refractivity contribution is -0.135. The van der Waals surface area contributed by atoms with Crippen LogP contribution in [0.5, 0.6) is 0 Å². The van der Waals surface area contributed by atoms with Crippen LogP contribution in [0.1, 0.15) is 49.7 Å². The van der Waals surface area contributed by atoms with E-state index in [-0.39, 0.29) is 18.4 Å². The number of aryl methyl sites for hydroxylation is 2. The Balaban J connectivity index is 1.52. The second kappa shape index (κ2) is 6.41. The summed E-state index contributed by atoms with van der Waals surface area (Å²) in [5.41, 5.74) is 2.47. The van der Waals surface area contributed by atoms with Gasteiger partial charge in [0.15, 0.2) is 0 Å². The highest BCUT2D eigenvalue weighted by Crippen LogP contribution is 2.34. The lowest BCUT2D eigenvalue weighted by Crippen LogP contribution is -2.49. The van der Waals surface area contributed by atoms with Gasteiger partial charge in [-0.3, -0.25) is 14.5 Å². The zero-order valence-electron chi connectivity index (χ0n) is 15.2. The average Bonchev–Trinajstić information content (AvgIpc) is 2.85. The van der Waals surface area contributed by atoms with Gasteiger partial charge in [0, 0.05) is 12.2 Å². The molecule has 4 rings (SSSR count). The fourth-order valence-corrected chi connectivity index (χ4v) is 4.52. The SMILES string of the molecule is Cc1ccc2c(c1)CCCN2C(=O)CN1C(=O)NC2(CCCCC2)C1=O. The summed E-state index contributed by atoms with van der Waals surface area (Å²) in [6.07, 6.45) is 6.16. The Bertz CT molecular complexity index is 768. The first-order valence-corrected chi connectivity index (χ1v) is 9.54. The highest BCUT2D eigenvalue weighted by molar-refractivity contribution is 6.10. The molecule has 138 valence electrons. The number of amides is 4. The molecular weight excluding hydrogens is 330 g/mol. The minimum Gasteiger partial charge on any atom is -0.323 e. The maximum absolute atomic E-state index is 12.9. The molecule has 1 aliphatic carbocycles. The Morgan fingerprint density at radius 3 is 2.69 bits per heavy atom. The smallest absolute Gasteiger partial charge is 0.323 e. The van der Waals surface area contributed by atoms with Gasteiger partial charge >= 0.3 is 6.03 Å².